The lowest BCUT2D eigenvalue weighted by atomic mass is 10.2. The topological polar surface area (TPSA) is 142 Å². The highest BCUT2D eigenvalue weighted by Gasteiger charge is 2.20. The quantitative estimate of drug-likeness (QED) is 0.0915. The van der Waals surface area contributed by atoms with Gasteiger partial charge in [0, 0.05) is 105 Å². The molecule has 0 spiro atoms. The van der Waals surface area contributed by atoms with Crippen molar-refractivity contribution in [2.75, 3.05) is 125 Å². The van der Waals surface area contributed by atoms with Crippen molar-refractivity contribution in [1.82, 2.24) is 30.2 Å². The minimum atomic E-state index is -0.476. The van der Waals surface area contributed by atoms with E-state index in [1.165, 1.54) is 0 Å². The summed E-state index contributed by atoms with van der Waals surface area (Å²) in [5.74, 6) is -0.858. The summed E-state index contributed by atoms with van der Waals surface area (Å²) in [4.78, 5) is 57.4. The van der Waals surface area contributed by atoms with E-state index in [1.807, 2.05) is 0 Å². The normalized spacial score (nSPS) is 19.2. The van der Waals surface area contributed by atoms with Crippen LogP contribution in [0.5, 0.6) is 0 Å². The van der Waals surface area contributed by atoms with E-state index in [2.05, 4.69) is 30.2 Å². The molecule has 0 aromatic rings. The van der Waals surface area contributed by atoms with Gasteiger partial charge in [-0.15, -0.1) is 0 Å². The minimum Gasteiger partial charge on any atom is -0.466 e. The van der Waals surface area contributed by atoms with Gasteiger partial charge < -0.3 is 49.2 Å². The number of rotatable bonds is 22. The number of ether oxygens (including phenoxy) is 4. The average Bonchev–Trinajstić information content (AvgIpc) is 3.09. The van der Waals surface area contributed by atoms with Crippen LogP contribution >= 0.6 is 0 Å². The Morgan fingerprint density at radius 1 is 0.511 bits per heavy atom. The monoisotopic (exact) mass is 668 g/mol. The molecule has 14 heteroatoms. The third kappa shape index (κ3) is 18.7. The van der Waals surface area contributed by atoms with Crippen LogP contribution in [0.2, 0.25) is 0 Å². The van der Waals surface area contributed by atoms with E-state index in [9.17, 15) is 19.2 Å². The van der Waals surface area contributed by atoms with Gasteiger partial charge >= 0.3 is 23.9 Å². The SMILES string of the molecule is CC(COC(=O)CCN1CCNCC1)OC(=O)CCN1CCN(CCC(=O)OCCCCCCOC(=O)CCN2CCNCC2)CC1. The molecule has 0 bridgehead atoms. The van der Waals surface area contributed by atoms with Crippen molar-refractivity contribution in [3.05, 3.63) is 0 Å². The van der Waals surface area contributed by atoms with E-state index in [1.54, 1.807) is 6.92 Å². The Morgan fingerprint density at radius 2 is 0.872 bits per heavy atom. The first-order chi connectivity index (χ1) is 22.9. The average molecular weight is 669 g/mol. The van der Waals surface area contributed by atoms with Gasteiger partial charge in [-0.05, 0) is 32.6 Å². The Morgan fingerprint density at radius 3 is 1.30 bits per heavy atom. The van der Waals surface area contributed by atoms with E-state index in [0.29, 0.717) is 52.1 Å². The van der Waals surface area contributed by atoms with Crippen LogP contribution < -0.4 is 10.6 Å². The van der Waals surface area contributed by atoms with Gasteiger partial charge in [0.25, 0.3) is 0 Å². The molecule has 3 heterocycles. The maximum absolute atomic E-state index is 12.3. The molecule has 47 heavy (non-hydrogen) atoms. The molecule has 270 valence electrons. The third-order valence-electron chi connectivity index (χ3n) is 8.79. The van der Waals surface area contributed by atoms with Crippen LogP contribution in [0, 0.1) is 0 Å². The van der Waals surface area contributed by atoms with E-state index < -0.39 is 6.10 Å². The zero-order valence-electron chi connectivity index (χ0n) is 28.7. The van der Waals surface area contributed by atoms with Crippen LogP contribution in [0.4, 0.5) is 0 Å². The minimum absolute atomic E-state index is 0.0732. The van der Waals surface area contributed by atoms with Crippen LogP contribution in [0.15, 0.2) is 0 Å². The highest BCUT2D eigenvalue weighted by Crippen LogP contribution is 2.07. The van der Waals surface area contributed by atoms with Gasteiger partial charge in [-0.3, -0.25) is 19.2 Å². The summed E-state index contributed by atoms with van der Waals surface area (Å²) in [5, 5.41) is 6.59. The lowest BCUT2D eigenvalue weighted by molar-refractivity contribution is -0.158. The van der Waals surface area contributed by atoms with Crippen LogP contribution in [0.1, 0.15) is 58.3 Å². The number of carbonyl (C=O) groups is 4. The van der Waals surface area contributed by atoms with E-state index in [-0.39, 0.29) is 36.9 Å². The summed E-state index contributed by atoms with van der Waals surface area (Å²) < 4.78 is 21.5. The van der Waals surface area contributed by atoms with Crippen molar-refractivity contribution in [2.45, 2.75) is 64.4 Å². The molecule has 1 atom stereocenters. The molecule has 3 rings (SSSR count). The zero-order chi connectivity index (χ0) is 33.5. The van der Waals surface area contributed by atoms with E-state index >= 15 is 0 Å². The molecule has 0 aromatic carbocycles. The standard InChI is InChI=1S/C33H60N6O8/c1-29(28-46-32(42)8-15-37-20-12-35-13-21-37)47-33(43)9-17-39-24-22-38(23-25-39)16-7-31(41)45-27-5-3-2-4-26-44-30(40)6-14-36-18-10-34-11-19-36/h29,34-35H,2-28H2,1H3. The van der Waals surface area contributed by atoms with Crippen molar-refractivity contribution in [3.8, 4) is 0 Å². The lowest BCUT2D eigenvalue weighted by Gasteiger charge is -2.34. The Labute approximate surface area is 281 Å². The number of piperazine rings is 3. The fourth-order valence-corrected chi connectivity index (χ4v) is 5.78. The fraction of sp³-hybridized carbons (Fsp3) is 0.879. The Hall–Kier alpha value is -2.36. The number of hydrogen-bond acceptors (Lipinski definition) is 14. The first-order valence-electron chi connectivity index (χ1n) is 17.8. The highest BCUT2D eigenvalue weighted by atomic mass is 16.6. The maximum Gasteiger partial charge on any atom is 0.307 e. The van der Waals surface area contributed by atoms with Crippen molar-refractivity contribution in [3.63, 3.8) is 0 Å². The first-order valence-corrected chi connectivity index (χ1v) is 17.8. The smallest absolute Gasteiger partial charge is 0.307 e. The molecule has 0 amide bonds. The first kappa shape index (κ1) is 39.1. The number of hydrogen-bond donors (Lipinski definition) is 2. The van der Waals surface area contributed by atoms with Crippen LogP contribution in [-0.2, 0) is 38.1 Å². The fourth-order valence-electron chi connectivity index (χ4n) is 5.78. The molecular formula is C33H60N6O8. The summed E-state index contributed by atoms with van der Waals surface area (Å²) in [6.07, 6.45) is 4.48. The highest BCUT2D eigenvalue weighted by molar-refractivity contribution is 5.71. The molecule has 0 saturated carbocycles. The van der Waals surface area contributed by atoms with Gasteiger partial charge in [-0.2, -0.15) is 0 Å². The van der Waals surface area contributed by atoms with Gasteiger partial charge in [-0.25, -0.2) is 0 Å². The van der Waals surface area contributed by atoms with Crippen molar-refractivity contribution < 1.29 is 38.1 Å². The summed E-state index contributed by atoms with van der Waals surface area (Å²) in [5.41, 5.74) is 0. The predicted octanol–water partition coefficient (Wildman–Crippen LogP) is 0.0965. The molecular weight excluding hydrogens is 608 g/mol. The van der Waals surface area contributed by atoms with Gasteiger partial charge in [0.1, 0.15) is 12.7 Å². The molecule has 14 nitrogen and oxygen atoms in total. The Balaban J connectivity index is 1.08. The lowest BCUT2D eigenvalue weighted by Crippen LogP contribution is -2.47. The third-order valence-corrected chi connectivity index (χ3v) is 8.79. The van der Waals surface area contributed by atoms with Crippen molar-refractivity contribution in [1.29, 1.82) is 0 Å². The zero-order valence-corrected chi connectivity index (χ0v) is 28.7. The van der Waals surface area contributed by atoms with Gasteiger partial charge in [0.15, 0.2) is 0 Å². The number of nitrogens with one attached hydrogen (secondary N) is 2. The number of carbonyl (C=O) groups excluding carboxylic acids is 4. The van der Waals surface area contributed by atoms with Crippen molar-refractivity contribution in [2.24, 2.45) is 0 Å². The van der Waals surface area contributed by atoms with Crippen LogP contribution in [0.25, 0.3) is 0 Å². The molecule has 0 radical (unpaired) electrons. The number of nitrogens with zero attached hydrogens (tertiary/aromatic N) is 4. The van der Waals surface area contributed by atoms with Crippen LogP contribution in [-0.4, -0.2) is 174 Å². The second kappa shape index (κ2) is 23.9. The second-order valence-corrected chi connectivity index (χ2v) is 12.7. The second-order valence-electron chi connectivity index (χ2n) is 12.7. The molecule has 1 unspecified atom stereocenters. The summed E-state index contributed by atoms with van der Waals surface area (Å²) in [6.45, 7) is 16.4. The summed E-state index contributed by atoms with van der Waals surface area (Å²) in [6, 6.07) is 0. The molecule has 3 aliphatic rings. The van der Waals surface area contributed by atoms with Gasteiger partial charge in [0.2, 0.25) is 0 Å². The molecule has 3 saturated heterocycles. The number of esters is 4. The molecule has 3 aliphatic heterocycles. The van der Waals surface area contributed by atoms with E-state index in [0.717, 1.165) is 111 Å². The predicted molar refractivity (Wildman–Crippen MR) is 177 cm³/mol. The number of unbranched alkanes of at least 4 members (excludes halogenated alkanes) is 3. The largest absolute Gasteiger partial charge is 0.466 e. The Bertz CT molecular complexity index is 908. The molecule has 0 aromatic heterocycles. The van der Waals surface area contributed by atoms with Crippen LogP contribution in [0.3, 0.4) is 0 Å². The molecule has 3 fully saturated rings. The van der Waals surface area contributed by atoms with Crippen molar-refractivity contribution >= 4 is 23.9 Å². The van der Waals surface area contributed by atoms with Gasteiger partial charge in [-0.1, -0.05) is 0 Å². The Kier molecular flexibility index (Phi) is 19.9. The molecule has 2 N–H and O–H groups in total. The molecule has 0 aliphatic carbocycles. The maximum atomic E-state index is 12.3. The van der Waals surface area contributed by atoms with E-state index in [4.69, 9.17) is 18.9 Å². The van der Waals surface area contributed by atoms with Gasteiger partial charge in [0.05, 0.1) is 38.9 Å². The summed E-state index contributed by atoms with van der Waals surface area (Å²) in [7, 11) is 0. The summed E-state index contributed by atoms with van der Waals surface area (Å²) >= 11 is 0.